The molecule has 98 valence electrons. The van der Waals surface area contributed by atoms with Gasteiger partial charge in [0, 0.05) is 15.6 Å². The first-order chi connectivity index (χ1) is 8.96. The highest BCUT2D eigenvalue weighted by atomic mass is 35.5. The Morgan fingerprint density at radius 3 is 2.26 bits per heavy atom. The normalized spacial score (nSPS) is 13.8. The Morgan fingerprint density at radius 2 is 1.74 bits per heavy atom. The fourth-order valence-corrected chi connectivity index (χ4v) is 2.44. The first-order valence-corrected chi connectivity index (χ1v) is 6.25. The number of primary amides is 1. The van der Waals surface area contributed by atoms with Crippen LogP contribution >= 0.6 is 23.2 Å². The van der Waals surface area contributed by atoms with E-state index in [-0.39, 0.29) is 10.6 Å². The van der Waals surface area contributed by atoms with E-state index in [1.807, 2.05) is 0 Å². The van der Waals surface area contributed by atoms with Gasteiger partial charge in [0.15, 0.2) is 5.60 Å². The van der Waals surface area contributed by atoms with E-state index in [0.29, 0.717) is 10.6 Å². The largest absolute Gasteiger partial charge is 0.372 e. The lowest BCUT2D eigenvalue weighted by Gasteiger charge is -2.26. The summed E-state index contributed by atoms with van der Waals surface area (Å²) in [5, 5.41) is 11.3. The second kappa shape index (κ2) is 5.21. The number of hydrogen-bond acceptors (Lipinski definition) is 2. The molecule has 19 heavy (non-hydrogen) atoms. The summed E-state index contributed by atoms with van der Waals surface area (Å²) in [6, 6.07) is 12.9. The maximum absolute atomic E-state index is 11.7. The van der Waals surface area contributed by atoms with Gasteiger partial charge in [-0.25, -0.2) is 0 Å². The number of amides is 1. The van der Waals surface area contributed by atoms with Crippen molar-refractivity contribution in [1.29, 1.82) is 0 Å². The maximum Gasteiger partial charge on any atom is 0.258 e. The Bertz CT molecular complexity index is 616. The van der Waals surface area contributed by atoms with Crippen LogP contribution in [0.5, 0.6) is 0 Å². The predicted octanol–water partition coefficient (Wildman–Crippen LogP) is 2.71. The van der Waals surface area contributed by atoms with E-state index >= 15 is 0 Å². The first kappa shape index (κ1) is 13.9. The minimum absolute atomic E-state index is 0.178. The first-order valence-electron chi connectivity index (χ1n) is 5.49. The maximum atomic E-state index is 11.7. The molecule has 2 aromatic carbocycles. The SMILES string of the molecule is NC(=O)C(O)(c1ccccc1)c1ccc(Cl)cc1Cl. The molecule has 1 unspecified atom stereocenters. The van der Waals surface area contributed by atoms with Gasteiger partial charge in [-0.3, -0.25) is 4.79 Å². The van der Waals surface area contributed by atoms with Crippen molar-refractivity contribution in [1.82, 2.24) is 0 Å². The second-order valence-corrected chi connectivity index (χ2v) is 4.91. The molecule has 0 heterocycles. The van der Waals surface area contributed by atoms with Crippen molar-refractivity contribution in [3.05, 3.63) is 69.7 Å². The standard InChI is InChI=1S/C14H11Cl2NO2/c15-10-6-7-11(12(16)8-10)14(19,13(17)18)9-4-2-1-3-5-9/h1-8,19H,(H2,17,18). The molecule has 0 aromatic heterocycles. The zero-order valence-electron chi connectivity index (χ0n) is 9.81. The Hall–Kier alpha value is -1.55. The molecule has 0 aliphatic carbocycles. The van der Waals surface area contributed by atoms with E-state index in [1.165, 1.54) is 12.1 Å². The molecule has 2 aromatic rings. The number of halogens is 2. The van der Waals surface area contributed by atoms with Gasteiger partial charge in [0.1, 0.15) is 0 Å². The number of carbonyl (C=O) groups is 1. The molecule has 3 nitrogen and oxygen atoms in total. The molecule has 0 aliphatic heterocycles. The smallest absolute Gasteiger partial charge is 0.258 e. The molecular formula is C14H11Cl2NO2. The number of aliphatic hydroxyl groups is 1. The molecule has 1 amide bonds. The van der Waals surface area contributed by atoms with Crippen LogP contribution in [0.25, 0.3) is 0 Å². The minimum Gasteiger partial charge on any atom is -0.372 e. The highest BCUT2D eigenvalue weighted by Crippen LogP contribution is 2.35. The van der Waals surface area contributed by atoms with Crippen molar-refractivity contribution in [2.45, 2.75) is 5.60 Å². The topological polar surface area (TPSA) is 63.3 Å². The molecule has 0 spiro atoms. The van der Waals surface area contributed by atoms with Crippen LogP contribution in [-0.2, 0) is 10.4 Å². The van der Waals surface area contributed by atoms with E-state index in [0.717, 1.165) is 0 Å². The number of carbonyl (C=O) groups excluding carboxylic acids is 1. The molecule has 3 N–H and O–H groups in total. The highest BCUT2D eigenvalue weighted by Gasteiger charge is 2.39. The van der Waals surface area contributed by atoms with Gasteiger partial charge in [0.25, 0.3) is 5.91 Å². The lowest BCUT2D eigenvalue weighted by Crippen LogP contribution is -2.42. The van der Waals surface area contributed by atoms with Crippen molar-refractivity contribution < 1.29 is 9.90 Å². The lowest BCUT2D eigenvalue weighted by molar-refractivity contribution is -0.133. The zero-order chi connectivity index (χ0) is 14.0. The highest BCUT2D eigenvalue weighted by molar-refractivity contribution is 6.35. The lowest BCUT2D eigenvalue weighted by atomic mass is 9.85. The van der Waals surface area contributed by atoms with E-state index < -0.39 is 11.5 Å². The molecule has 5 heteroatoms. The Labute approximate surface area is 120 Å². The van der Waals surface area contributed by atoms with E-state index in [4.69, 9.17) is 28.9 Å². The van der Waals surface area contributed by atoms with Crippen LogP contribution in [-0.4, -0.2) is 11.0 Å². The molecule has 2 rings (SSSR count). The molecular weight excluding hydrogens is 285 g/mol. The second-order valence-electron chi connectivity index (χ2n) is 4.06. The summed E-state index contributed by atoms with van der Waals surface area (Å²) in [6.45, 7) is 0. The van der Waals surface area contributed by atoms with Crippen LogP contribution in [0, 0.1) is 0 Å². The number of hydrogen-bond donors (Lipinski definition) is 2. The fraction of sp³-hybridized carbons (Fsp3) is 0.0714. The summed E-state index contributed by atoms with van der Waals surface area (Å²) in [6.07, 6.45) is 0. The monoisotopic (exact) mass is 295 g/mol. The van der Waals surface area contributed by atoms with Crippen molar-refractivity contribution in [2.24, 2.45) is 5.73 Å². The molecule has 0 bridgehead atoms. The van der Waals surface area contributed by atoms with Crippen LogP contribution in [0.2, 0.25) is 10.0 Å². The zero-order valence-corrected chi connectivity index (χ0v) is 11.3. The molecule has 0 radical (unpaired) electrons. The summed E-state index contributed by atoms with van der Waals surface area (Å²) in [5.74, 6) is -0.900. The van der Waals surface area contributed by atoms with E-state index in [2.05, 4.69) is 0 Å². The Kier molecular flexibility index (Phi) is 3.80. The van der Waals surface area contributed by atoms with Crippen molar-refractivity contribution in [3.8, 4) is 0 Å². The predicted molar refractivity (Wildman–Crippen MR) is 75.1 cm³/mol. The van der Waals surface area contributed by atoms with Crippen LogP contribution in [0.4, 0.5) is 0 Å². The van der Waals surface area contributed by atoms with Crippen molar-refractivity contribution >= 4 is 29.1 Å². The third kappa shape index (κ3) is 2.45. The van der Waals surface area contributed by atoms with Gasteiger partial charge in [0.05, 0.1) is 0 Å². The molecule has 0 aliphatic rings. The number of benzene rings is 2. The van der Waals surface area contributed by atoms with Gasteiger partial charge in [0.2, 0.25) is 0 Å². The van der Waals surface area contributed by atoms with E-state index in [9.17, 15) is 9.90 Å². The van der Waals surface area contributed by atoms with Gasteiger partial charge >= 0.3 is 0 Å². The van der Waals surface area contributed by atoms with Crippen LogP contribution in [0.1, 0.15) is 11.1 Å². The summed E-state index contributed by atoms with van der Waals surface area (Å²) < 4.78 is 0. The average molecular weight is 296 g/mol. The summed E-state index contributed by atoms with van der Waals surface area (Å²) in [4.78, 5) is 11.7. The van der Waals surface area contributed by atoms with Gasteiger partial charge in [-0.05, 0) is 17.7 Å². The number of nitrogens with two attached hydrogens (primary N) is 1. The van der Waals surface area contributed by atoms with Crippen LogP contribution in [0.15, 0.2) is 48.5 Å². The van der Waals surface area contributed by atoms with Crippen LogP contribution in [0.3, 0.4) is 0 Å². The summed E-state index contributed by atoms with van der Waals surface area (Å²) in [7, 11) is 0. The molecule has 0 saturated heterocycles. The average Bonchev–Trinajstić information content (AvgIpc) is 2.38. The third-order valence-electron chi connectivity index (χ3n) is 2.87. The molecule has 1 atom stereocenters. The van der Waals surface area contributed by atoms with E-state index in [1.54, 1.807) is 36.4 Å². The van der Waals surface area contributed by atoms with Crippen molar-refractivity contribution in [2.75, 3.05) is 0 Å². The van der Waals surface area contributed by atoms with Gasteiger partial charge in [-0.15, -0.1) is 0 Å². The molecule has 0 fully saturated rings. The van der Waals surface area contributed by atoms with Gasteiger partial charge in [-0.1, -0.05) is 59.6 Å². The fourth-order valence-electron chi connectivity index (χ4n) is 1.89. The van der Waals surface area contributed by atoms with Gasteiger partial charge < -0.3 is 10.8 Å². The summed E-state index contributed by atoms with van der Waals surface area (Å²) in [5.41, 5.74) is 3.94. The minimum atomic E-state index is -1.98. The van der Waals surface area contributed by atoms with Crippen molar-refractivity contribution in [3.63, 3.8) is 0 Å². The quantitative estimate of drug-likeness (QED) is 0.914. The Morgan fingerprint density at radius 1 is 1.11 bits per heavy atom. The Balaban J connectivity index is 2.67. The third-order valence-corrected chi connectivity index (χ3v) is 3.42. The van der Waals surface area contributed by atoms with Gasteiger partial charge in [-0.2, -0.15) is 0 Å². The summed E-state index contributed by atoms with van der Waals surface area (Å²) >= 11 is 11.9. The van der Waals surface area contributed by atoms with Crippen LogP contribution < -0.4 is 5.73 Å². The molecule has 0 saturated carbocycles. The number of rotatable bonds is 3.